The number of barbiturate groups is 1. The van der Waals surface area contributed by atoms with Crippen molar-refractivity contribution in [3.05, 3.63) is 94.5 Å². The van der Waals surface area contributed by atoms with Gasteiger partial charge in [0.25, 0.3) is 17.7 Å². The maximum absolute atomic E-state index is 12.9. The van der Waals surface area contributed by atoms with E-state index >= 15 is 0 Å². The summed E-state index contributed by atoms with van der Waals surface area (Å²) in [5, 5.41) is 5.26. The molecule has 0 aromatic heterocycles. The van der Waals surface area contributed by atoms with Crippen molar-refractivity contribution in [3.8, 4) is 5.75 Å². The first-order valence-electron chi connectivity index (χ1n) is 10.6. The summed E-state index contributed by atoms with van der Waals surface area (Å²) in [6.07, 6.45) is 1.37. The van der Waals surface area contributed by atoms with E-state index in [1.54, 1.807) is 42.5 Å². The van der Waals surface area contributed by atoms with E-state index in [9.17, 15) is 19.2 Å². The van der Waals surface area contributed by atoms with Crippen LogP contribution in [0.25, 0.3) is 6.08 Å². The molecule has 1 saturated heterocycles. The number of benzene rings is 3. The van der Waals surface area contributed by atoms with Gasteiger partial charge in [0.1, 0.15) is 11.3 Å². The van der Waals surface area contributed by atoms with Gasteiger partial charge in [-0.05, 0) is 66.6 Å². The van der Waals surface area contributed by atoms with Gasteiger partial charge < -0.3 is 10.1 Å². The number of aryl methyl sites for hydroxylation is 1. The van der Waals surface area contributed by atoms with Crippen LogP contribution in [0.4, 0.5) is 16.2 Å². The predicted octanol–water partition coefficient (Wildman–Crippen LogP) is 4.33. The fraction of sp³-hybridized carbons (Fsp3) is 0.0769. The summed E-state index contributed by atoms with van der Waals surface area (Å²) < 4.78 is 5.51. The van der Waals surface area contributed by atoms with Crippen molar-refractivity contribution < 1.29 is 23.9 Å². The highest BCUT2D eigenvalue weighted by Crippen LogP contribution is 2.25. The van der Waals surface area contributed by atoms with Crippen molar-refractivity contribution in [1.29, 1.82) is 0 Å². The molecule has 5 amide bonds. The van der Waals surface area contributed by atoms with Crippen molar-refractivity contribution in [3.63, 3.8) is 0 Å². The van der Waals surface area contributed by atoms with Crippen molar-refractivity contribution in [2.75, 3.05) is 16.8 Å². The van der Waals surface area contributed by atoms with E-state index in [1.165, 1.54) is 18.2 Å². The third-order valence-corrected chi connectivity index (χ3v) is 5.27. The average Bonchev–Trinajstić information content (AvgIpc) is 2.81. The molecule has 1 fully saturated rings. The number of amides is 5. The fourth-order valence-electron chi connectivity index (χ4n) is 3.40. The molecule has 3 aromatic rings. The first kappa shape index (κ1) is 23.7. The first-order valence-corrected chi connectivity index (χ1v) is 10.9. The molecule has 8 nitrogen and oxygen atoms in total. The van der Waals surface area contributed by atoms with Crippen LogP contribution in [-0.2, 0) is 14.4 Å². The number of nitrogens with zero attached hydrogens (tertiary/aromatic N) is 1. The van der Waals surface area contributed by atoms with Gasteiger partial charge in [-0.3, -0.25) is 19.7 Å². The Morgan fingerprint density at radius 1 is 1.03 bits per heavy atom. The maximum Gasteiger partial charge on any atom is 0.335 e. The minimum atomic E-state index is -0.855. The van der Waals surface area contributed by atoms with E-state index in [0.717, 1.165) is 10.5 Å². The number of urea groups is 1. The minimum Gasteiger partial charge on any atom is -0.484 e. The Hall–Kier alpha value is -4.43. The van der Waals surface area contributed by atoms with Gasteiger partial charge in [-0.2, -0.15) is 0 Å². The van der Waals surface area contributed by atoms with Gasteiger partial charge in [0.2, 0.25) is 0 Å². The summed E-state index contributed by atoms with van der Waals surface area (Å²) in [6, 6.07) is 19.2. The monoisotopic (exact) mass is 489 g/mol. The molecule has 9 heteroatoms. The van der Waals surface area contributed by atoms with Crippen molar-refractivity contribution in [2.24, 2.45) is 0 Å². The van der Waals surface area contributed by atoms with Crippen LogP contribution < -0.4 is 20.3 Å². The highest BCUT2D eigenvalue weighted by Gasteiger charge is 2.36. The van der Waals surface area contributed by atoms with Gasteiger partial charge in [-0.25, -0.2) is 9.69 Å². The molecule has 0 aliphatic carbocycles. The number of imide groups is 2. The Bertz CT molecular complexity index is 1350. The van der Waals surface area contributed by atoms with Crippen LogP contribution in [0.15, 0.2) is 78.4 Å². The lowest BCUT2D eigenvalue weighted by atomic mass is 10.1. The van der Waals surface area contributed by atoms with E-state index in [1.807, 2.05) is 25.1 Å². The van der Waals surface area contributed by atoms with E-state index in [4.69, 9.17) is 16.3 Å². The van der Waals surface area contributed by atoms with Crippen molar-refractivity contribution in [1.82, 2.24) is 5.32 Å². The zero-order chi connectivity index (χ0) is 24.9. The van der Waals surface area contributed by atoms with Crippen LogP contribution in [0.5, 0.6) is 5.75 Å². The van der Waals surface area contributed by atoms with Gasteiger partial charge in [0.05, 0.1) is 5.69 Å². The smallest absolute Gasteiger partial charge is 0.335 e. The summed E-state index contributed by atoms with van der Waals surface area (Å²) in [4.78, 5) is 50.5. The predicted molar refractivity (Wildman–Crippen MR) is 132 cm³/mol. The summed E-state index contributed by atoms with van der Waals surface area (Å²) in [7, 11) is 0. The van der Waals surface area contributed by atoms with Crippen LogP contribution in [0.3, 0.4) is 0 Å². The minimum absolute atomic E-state index is 0.189. The van der Waals surface area contributed by atoms with Crippen LogP contribution in [0.1, 0.15) is 11.1 Å². The van der Waals surface area contributed by atoms with E-state index in [0.29, 0.717) is 22.0 Å². The molecule has 1 heterocycles. The second-order valence-corrected chi connectivity index (χ2v) is 8.15. The molecule has 1 aliphatic heterocycles. The number of carbonyl (C=O) groups excluding carboxylic acids is 4. The number of hydrogen-bond acceptors (Lipinski definition) is 5. The normalized spacial score (nSPS) is 14.6. The molecule has 0 radical (unpaired) electrons. The van der Waals surface area contributed by atoms with E-state index in [-0.39, 0.29) is 23.8 Å². The summed E-state index contributed by atoms with van der Waals surface area (Å²) in [5.41, 5.74) is 2.27. The summed E-state index contributed by atoms with van der Waals surface area (Å²) in [5.74, 6) is -1.45. The lowest BCUT2D eigenvalue weighted by Crippen LogP contribution is -2.54. The lowest BCUT2D eigenvalue weighted by Gasteiger charge is -2.26. The average molecular weight is 490 g/mol. The summed E-state index contributed by atoms with van der Waals surface area (Å²) in [6.45, 7) is 1.74. The van der Waals surface area contributed by atoms with Crippen LogP contribution >= 0.6 is 11.6 Å². The Balaban J connectivity index is 1.43. The summed E-state index contributed by atoms with van der Waals surface area (Å²) >= 11 is 5.97. The standard InChI is InChI=1S/C26H20ClN3O5/c1-16-4-2-6-19(12-16)28-23(31)15-35-21-10-8-17(9-11-21)13-22-24(32)29-26(34)30(25(22)33)20-7-3-5-18(27)14-20/h2-14H,15H2,1H3,(H,28,31)(H,29,32,34)/b22-13+. The topological polar surface area (TPSA) is 105 Å². The number of carbonyl (C=O) groups is 4. The second kappa shape index (κ2) is 10.2. The molecule has 0 bridgehead atoms. The molecule has 0 unspecified atom stereocenters. The third-order valence-electron chi connectivity index (χ3n) is 5.03. The SMILES string of the molecule is Cc1cccc(NC(=O)COc2ccc(/C=C3\C(=O)NC(=O)N(c4cccc(Cl)c4)C3=O)cc2)c1. The highest BCUT2D eigenvalue weighted by atomic mass is 35.5. The first-order chi connectivity index (χ1) is 16.8. The Morgan fingerprint density at radius 2 is 1.77 bits per heavy atom. The lowest BCUT2D eigenvalue weighted by molar-refractivity contribution is -0.122. The zero-order valence-corrected chi connectivity index (χ0v) is 19.3. The highest BCUT2D eigenvalue weighted by molar-refractivity contribution is 6.39. The Labute approximate surface area is 206 Å². The van der Waals surface area contributed by atoms with Gasteiger partial charge in [0.15, 0.2) is 6.61 Å². The van der Waals surface area contributed by atoms with Crippen LogP contribution in [0, 0.1) is 6.92 Å². The zero-order valence-electron chi connectivity index (χ0n) is 18.6. The van der Waals surface area contributed by atoms with Gasteiger partial charge in [-0.15, -0.1) is 0 Å². The Kier molecular flexibility index (Phi) is 6.93. The number of halogens is 1. The third kappa shape index (κ3) is 5.74. The van der Waals surface area contributed by atoms with Gasteiger partial charge in [-0.1, -0.05) is 41.9 Å². The molecule has 0 saturated carbocycles. The van der Waals surface area contributed by atoms with E-state index in [2.05, 4.69) is 10.6 Å². The number of ether oxygens (including phenoxy) is 1. The molecule has 35 heavy (non-hydrogen) atoms. The molecule has 2 N–H and O–H groups in total. The molecule has 4 rings (SSSR count). The van der Waals surface area contributed by atoms with Crippen molar-refractivity contribution in [2.45, 2.75) is 6.92 Å². The van der Waals surface area contributed by atoms with E-state index < -0.39 is 17.8 Å². The number of nitrogens with one attached hydrogen (secondary N) is 2. The molecule has 1 aliphatic rings. The molecule has 0 spiro atoms. The maximum atomic E-state index is 12.9. The fourth-order valence-corrected chi connectivity index (χ4v) is 3.59. The molecular weight excluding hydrogens is 470 g/mol. The largest absolute Gasteiger partial charge is 0.484 e. The van der Waals surface area contributed by atoms with Crippen LogP contribution in [0.2, 0.25) is 5.02 Å². The molecule has 0 atom stereocenters. The number of hydrogen-bond donors (Lipinski definition) is 2. The second-order valence-electron chi connectivity index (χ2n) is 7.71. The quantitative estimate of drug-likeness (QED) is 0.396. The molecular formula is C26H20ClN3O5. The molecule has 3 aromatic carbocycles. The van der Waals surface area contributed by atoms with Crippen molar-refractivity contribution >= 4 is 52.8 Å². The van der Waals surface area contributed by atoms with Gasteiger partial charge >= 0.3 is 6.03 Å². The van der Waals surface area contributed by atoms with Crippen LogP contribution in [-0.4, -0.2) is 30.4 Å². The van der Waals surface area contributed by atoms with Gasteiger partial charge in [0, 0.05) is 10.7 Å². The number of anilines is 2. The number of rotatable bonds is 6. The Morgan fingerprint density at radius 3 is 2.49 bits per heavy atom. The molecule has 176 valence electrons.